The molecule has 3 N–H and O–H groups in total. The van der Waals surface area contributed by atoms with Gasteiger partial charge in [-0.2, -0.15) is 15.0 Å². The third-order valence-corrected chi connectivity index (χ3v) is 3.74. The van der Waals surface area contributed by atoms with Crippen LogP contribution in [-0.2, 0) is 0 Å². The molecular formula is C14H25N5O. The number of hydrogen-bond acceptors (Lipinski definition) is 6. The van der Waals surface area contributed by atoms with Crippen molar-refractivity contribution in [1.29, 1.82) is 0 Å². The van der Waals surface area contributed by atoms with Crippen LogP contribution in [0.25, 0.3) is 0 Å². The summed E-state index contributed by atoms with van der Waals surface area (Å²) in [6, 6.07) is 0.710. The van der Waals surface area contributed by atoms with E-state index in [2.05, 4.69) is 34.1 Å². The fraction of sp³-hybridized carbons (Fsp3) is 0.786. The van der Waals surface area contributed by atoms with Crippen LogP contribution in [0.1, 0.15) is 52.9 Å². The van der Waals surface area contributed by atoms with Crippen molar-refractivity contribution in [2.75, 3.05) is 17.7 Å². The molecule has 0 atom stereocenters. The van der Waals surface area contributed by atoms with Gasteiger partial charge < -0.3 is 15.8 Å². The van der Waals surface area contributed by atoms with Gasteiger partial charge in [-0.25, -0.2) is 0 Å². The summed E-state index contributed by atoms with van der Waals surface area (Å²) in [6.45, 7) is 7.26. The molecule has 0 spiro atoms. The summed E-state index contributed by atoms with van der Waals surface area (Å²) in [5, 5.41) is 3.35. The van der Waals surface area contributed by atoms with Crippen molar-refractivity contribution in [3.8, 4) is 6.01 Å². The molecule has 6 heteroatoms. The van der Waals surface area contributed by atoms with Crippen molar-refractivity contribution in [2.45, 2.75) is 58.9 Å². The van der Waals surface area contributed by atoms with E-state index in [-0.39, 0.29) is 5.95 Å². The zero-order valence-corrected chi connectivity index (χ0v) is 12.6. The Morgan fingerprint density at radius 2 is 1.95 bits per heavy atom. The van der Waals surface area contributed by atoms with Gasteiger partial charge in [-0.1, -0.05) is 20.8 Å². The number of anilines is 2. The first kappa shape index (κ1) is 14.8. The Bertz CT molecular complexity index is 439. The second-order valence-electron chi connectivity index (χ2n) is 6.23. The SMILES string of the molecule is CCCOc1nc(N)nc(NC2CCC(C)(C)CC2)n1. The van der Waals surface area contributed by atoms with E-state index in [1.807, 2.05) is 6.92 Å². The summed E-state index contributed by atoms with van der Waals surface area (Å²) in [5.74, 6) is 0.720. The number of hydrogen-bond donors (Lipinski definition) is 2. The minimum Gasteiger partial charge on any atom is -0.463 e. The minimum absolute atomic E-state index is 0.199. The average Bonchev–Trinajstić information content (AvgIpc) is 2.38. The average molecular weight is 279 g/mol. The topological polar surface area (TPSA) is 86.0 Å². The normalized spacial score (nSPS) is 18.8. The number of nitrogens with zero attached hydrogens (tertiary/aromatic N) is 3. The molecule has 1 saturated carbocycles. The summed E-state index contributed by atoms with van der Waals surface area (Å²) in [5.41, 5.74) is 6.15. The van der Waals surface area contributed by atoms with Gasteiger partial charge in [-0.15, -0.1) is 0 Å². The van der Waals surface area contributed by atoms with Crippen LogP contribution in [0.3, 0.4) is 0 Å². The minimum atomic E-state index is 0.199. The van der Waals surface area contributed by atoms with Gasteiger partial charge in [0.25, 0.3) is 0 Å². The lowest BCUT2D eigenvalue weighted by Gasteiger charge is -2.34. The van der Waals surface area contributed by atoms with Gasteiger partial charge in [0, 0.05) is 6.04 Å². The van der Waals surface area contributed by atoms with E-state index in [1.165, 1.54) is 12.8 Å². The van der Waals surface area contributed by atoms with Crippen LogP contribution < -0.4 is 15.8 Å². The van der Waals surface area contributed by atoms with Crippen LogP contribution in [0.15, 0.2) is 0 Å². The largest absolute Gasteiger partial charge is 0.463 e. The van der Waals surface area contributed by atoms with Crippen LogP contribution in [0.2, 0.25) is 0 Å². The highest BCUT2D eigenvalue weighted by atomic mass is 16.5. The molecule has 0 aliphatic heterocycles. The van der Waals surface area contributed by atoms with Crippen LogP contribution in [0.4, 0.5) is 11.9 Å². The van der Waals surface area contributed by atoms with Gasteiger partial charge in [-0.3, -0.25) is 0 Å². The first-order valence-corrected chi connectivity index (χ1v) is 7.39. The molecule has 0 unspecified atom stereocenters. The van der Waals surface area contributed by atoms with Crippen molar-refractivity contribution < 1.29 is 4.74 Å². The third-order valence-electron chi connectivity index (χ3n) is 3.74. The maximum Gasteiger partial charge on any atom is 0.323 e. The second-order valence-corrected chi connectivity index (χ2v) is 6.23. The van der Waals surface area contributed by atoms with Gasteiger partial charge >= 0.3 is 6.01 Å². The highest BCUT2D eigenvalue weighted by molar-refractivity contribution is 5.33. The molecule has 0 amide bonds. The van der Waals surface area contributed by atoms with Gasteiger partial charge in [0.2, 0.25) is 11.9 Å². The third kappa shape index (κ3) is 4.21. The predicted octanol–water partition coefficient (Wildman–Crippen LogP) is 2.62. The van der Waals surface area contributed by atoms with Crippen LogP contribution in [0.5, 0.6) is 6.01 Å². The summed E-state index contributed by atoms with van der Waals surface area (Å²) in [6.07, 6.45) is 5.59. The lowest BCUT2D eigenvalue weighted by molar-refractivity contribution is 0.232. The quantitative estimate of drug-likeness (QED) is 0.861. The summed E-state index contributed by atoms with van der Waals surface area (Å²) in [7, 11) is 0. The van der Waals surface area contributed by atoms with E-state index in [1.54, 1.807) is 0 Å². The maximum absolute atomic E-state index is 5.70. The number of aromatic nitrogens is 3. The van der Waals surface area contributed by atoms with Crippen LogP contribution >= 0.6 is 0 Å². The lowest BCUT2D eigenvalue weighted by Crippen LogP contribution is -2.30. The molecule has 0 saturated heterocycles. The van der Waals surface area contributed by atoms with Crippen LogP contribution in [0, 0.1) is 5.41 Å². The molecule has 0 bridgehead atoms. The Labute approximate surface area is 120 Å². The molecule has 0 aromatic carbocycles. The molecular weight excluding hydrogens is 254 g/mol. The van der Waals surface area contributed by atoms with Crippen LogP contribution in [-0.4, -0.2) is 27.6 Å². The number of nitrogen functional groups attached to an aromatic ring is 1. The zero-order chi connectivity index (χ0) is 14.6. The summed E-state index contributed by atoms with van der Waals surface area (Å²) < 4.78 is 5.42. The summed E-state index contributed by atoms with van der Waals surface area (Å²) in [4.78, 5) is 12.4. The smallest absolute Gasteiger partial charge is 0.323 e. The zero-order valence-electron chi connectivity index (χ0n) is 12.6. The number of ether oxygens (including phenoxy) is 1. The van der Waals surface area contributed by atoms with E-state index in [0.29, 0.717) is 30.0 Å². The van der Waals surface area contributed by atoms with E-state index in [0.717, 1.165) is 19.3 Å². The summed E-state index contributed by atoms with van der Waals surface area (Å²) >= 11 is 0. The number of rotatable bonds is 5. The van der Waals surface area contributed by atoms with Crippen molar-refractivity contribution >= 4 is 11.9 Å². The Morgan fingerprint density at radius 3 is 2.60 bits per heavy atom. The molecule has 1 aliphatic rings. The van der Waals surface area contributed by atoms with Crippen molar-refractivity contribution in [3.63, 3.8) is 0 Å². The van der Waals surface area contributed by atoms with E-state index in [4.69, 9.17) is 10.5 Å². The molecule has 1 heterocycles. The maximum atomic E-state index is 5.70. The highest BCUT2D eigenvalue weighted by Crippen LogP contribution is 2.35. The van der Waals surface area contributed by atoms with Crippen molar-refractivity contribution in [1.82, 2.24) is 15.0 Å². The first-order valence-electron chi connectivity index (χ1n) is 7.39. The second kappa shape index (κ2) is 6.24. The van der Waals surface area contributed by atoms with E-state index in [9.17, 15) is 0 Å². The Morgan fingerprint density at radius 1 is 1.25 bits per heavy atom. The number of nitrogens with two attached hydrogens (primary N) is 1. The fourth-order valence-corrected chi connectivity index (χ4v) is 2.42. The Kier molecular flexibility index (Phi) is 4.62. The highest BCUT2D eigenvalue weighted by Gasteiger charge is 2.27. The first-order chi connectivity index (χ1) is 9.48. The standard InChI is InChI=1S/C14H25N5O/c1-4-9-20-13-18-11(15)17-12(19-13)16-10-5-7-14(2,3)8-6-10/h10H,4-9H2,1-3H3,(H3,15,16,17,18,19). The molecule has 2 rings (SSSR count). The molecule has 112 valence electrons. The van der Waals surface area contributed by atoms with Crippen molar-refractivity contribution in [2.24, 2.45) is 5.41 Å². The molecule has 1 fully saturated rings. The van der Waals surface area contributed by atoms with Gasteiger partial charge in [0.05, 0.1) is 6.61 Å². The fourth-order valence-electron chi connectivity index (χ4n) is 2.42. The van der Waals surface area contributed by atoms with Gasteiger partial charge in [0.15, 0.2) is 0 Å². The molecule has 20 heavy (non-hydrogen) atoms. The monoisotopic (exact) mass is 279 g/mol. The molecule has 1 aromatic heterocycles. The Balaban J connectivity index is 1.97. The van der Waals surface area contributed by atoms with Gasteiger partial charge in [-0.05, 0) is 37.5 Å². The van der Waals surface area contributed by atoms with E-state index >= 15 is 0 Å². The molecule has 6 nitrogen and oxygen atoms in total. The Hall–Kier alpha value is -1.59. The van der Waals surface area contributed by atoms with Crippen molar-refractivity contribution in [3.05, 3.63) is 0 Å². The van der Waals surface area contributed by atoms with Gasteiger partial charge in [0.1, 0.15) is 0 Å². The van der Waals surface area contributed by atoms with E-state index < -0.39 is 0 Å². The molecule has 1 aromatic rings. The molecule has 1 aliphatic carbocycles. The lowest BCUT2D eigenvalue weighted by atomic mass is 9.76. The number of nitrogens with one attached hydrogen (secondary N) is 1. The predicted molar refractivity (Wildman–Crippen MR) is 79.7 cm³/mol. The molecule has 0 radical (unpaired) electrons.